The number of piperidine rings is 1. The Labute approximate surface area is 123 Å². The summed E-state index contributed by atoms with van der Waals surface area (Å²) < 4.78 is 0. The molecular formula is C17H30N2O. The Balaban J connectivity index is 1.42. The van der Waals surface area contributed by atoms with Crippen LogP contribution in [-0.4, -0.2) is 24.0 Å². The van der Waals surface area contributed by atoms with Gasteiger partial charge in [-0.15, -0.1) is 0 Å². The molecular weight excluding hydrogens is 248 g/mol. The summed E-state index contributed by atoms with van der Waals surface area (Å²) in [6.07, 6.45) is 12.5. The SMILES string of the molecule is C[C@H](NC(=O)CC1CC2CCC(C1)N2)C1CCCCC1. The second-order valence-corrected chi connectivity index (χ2v) is 7.43. The van der Waals surface area contributed by atoms with Gasteiger partial charge in [-0.25, -0.2) is 0 Å². The number of hydrogen-bond acceptors (Lipinski definition) is 2. The first kappa shape index (κ1) is 14.4. The van der Waals surface area contributed by atoms with Crippen LogP contribution >= 0.6 is 0 Å². The zero-order valence-electron chi connectivity index (χ0n) is 12.9. The molecule has 2 heterocycles. The van der Waals surface area contributed by atoms with Crippen molar-refractivity contribution in [2.75, 3.05) is 0 Å². The van der Waals surface area contributed by atoms with Gasteiger partial charge >= 0.3 is 0 Å². The minimum atomic E-state index is 0.300. The third-order valence-corrected chi connectivity index (χ3v) is 5.79. The highest BCUT2D eigenvalue weighted by molar-refractivity contribution is 5.76. The van der Waals surface area contributed by atoms with E-state index in [0.717, 1.165) is 12.3 Å². The second kappa shape index (κ2) is 6.46. The number of fused-ring (bicyclic) bond motifs is 2. The predicted molar refractivity (Wildman–Crippen MR) is 81.5 cm³/mol. The van der Waals surface area contributed by atoms with Crippen LogP contribution in [0.15, 0.2) is 0 Å². The van der Waals surface area contributed by atoms with Crippen LogP contribution in [0.3, 0.4) is 0 Å². The molecule has 3 rings (SSSR count). The maximum atomic E-state index is 12.3. The lowest BCUT2D eigenvalue weighted by Crippen LogP contribution is -2.42. The van der Waals surface area contributed by atoms with E-state index in [1.165, 1.54) is 57.8 Å². The highest BCUT2D eigenvalue weighted by atomic mass is 16.1. The van der Waals surface area contributed by atoms with Crippen LogP contribution in [0.5, 0.6) is 0 Å². The maximum Gasteiger partial charge on any atom is 0.220 e. The molecule has 0 aromatic rings. The van der Waals surface area contributed by atoms with Gasteiger partial charge in [-0.1, -0.05) is 19.3 Å². The number of carbonyl (C=O) groups excluding carboxylic acids is 1. The predicted octanol–water partition coefficient (Wildman–Crippen LogP) is 2.99. The molecule has 1 saturated carbocycles. The molecule has 2 saturated heterocycles. The molecule has 0 aromatic carbocycles. The summed E-state index contributed by atoms with van der Waals surface area (Å²) in [4.78, 5) is 12.3. The molecule has 3 aliphatic rings. The van der Waals surface area contributed by atoms with Crippen molar-refractivity contribution in [1.82, 2.24) is 10.6 Å². The quantitative estimate of drug-likeness (QED) is 0.830. The van der Waals surface area contributed by atoms with Gasteiger partial charge in [0.15, 0.2) is 0 Å². The Morgan fingerprint density at radius 1 is 1.10 bits per heavy atom. The van der Waals surface area contributed by atoms with E-state index in [-0.39, 0.29) is 0 Å². The van der Waals surface area contributed by atoms with Gasteiger partial charge < -0.3 is 10.6 Å². The summed E-state index contributed by atoms with van der Waals surface area (Å²) in [5, 5.41) is 6.94. The van der Waals surface area contributed by atoms with E-state index in [0.29, 0.717) is 30.0 Å². The highest BCUT2D eigenvalue weighted by Crippen LogP contribution is 2.33. The van der Waals surface area contributed by atoms with E-state index in [2.05, 4.69) is 17.6 Å². The van der Waals surface area contributed by atoms with Crippen molar-refractivity contribution < 1.29 is 4.79 Å². The van der Waals surface area contributed by atoms with Gasteiger partial charge in [-0.3, -0.25) is 4.79 Å². The molecule has 0 aromatic heterocycles. The van der Waals surface area contributed by atoms with Crippen molar-refractivity contribution >= 4 is 5.91 Å². The fourth-order valence-corrected chi connectivity index (χ4v) is 4.67. The van der Waals surface area contributed by atoms with E-state index >= 15 is 0 Å². The smallest absolute Gasteiger partial charge is 0.220 e. The summed E-state index contributed by atoms with van der Waals surface area (Å²) in [6, 6.07) is 1.77. The number of amides is 1. The first-order valence-electron chi connectivity index (χ1n) is 8.76. The van der Waals surface area contributed by atoms with E-state index in [1.807, 2.05) is 0 Å². The minimum absolute atomic E-state index is 0.300. The molecule has 2 bridgehead atoms. The second-order valence-electron chi connectivity index (χ2n) is 7.43. The zero-order valence-corrected chi connectivity index (χ0v) is 12.9. The summed E-state index contributed by atoms with van der Waals surface area (Å²) in [5.41, 5.74) is 0. The van der Waals surface area contributed by atoms with Gasteiger partial charge in [0, 0.05) is 24.5 Å². The van der Waals surface area contributed by atoms with Crippen LogP contribution < -0.4 is 10.6 Å². The molecule has 0 radical (unpaired) electrons. The standard InChI is InChI=1S/C17H30N2O/c1-12(14-5-3-2-4-6-14)18-17(20)11-13-9-15-7-8-16(10-13)19-15/h12-16,19H,2-11H2,1H3,(H,18,20)/t12-,13?,15?,16?/m0/s1. The van der Waals surface area contributed by atoms with Crippen LogP contribution in [0.4, 0.5) is 0 Å². The lowest BCUT2D eigenvalue weighted by atomic mass is 9.84. The average molecular weight is 278 g/mol. The van der Waals surface area contributed by atoms with Gasteiger partial charge in [-0.2, -0.15) is 0 Å². The maximum absolute atomic E-state index is 12.3. The Morgan fingerprint density at radius 2 is 1.75 bits per heavy atom. The van der Waals surface area contributed by atoms with E-state index < -0.39 is 0 Å². The van der Waals surface area contributed by atoms with Crippen molar-refractivity contribution in [2.45, 2.75) is 89.3 Å². The molecule has 1 aliphatic carbocycles. The lowest BCUT2D eigenvalue weighted by molar-refractivity contribution is -0.123. The fraction of sp³-hybridized carbons (Fsp3) is 0.941. The summed E-state index contributed by atoms with van der Waals surface area (Å²) in [7, 11) is 0. The number of nitrogens with one attached hydrogen (secondary N) is 2. The summed E-state index contributed by atoms with van der Waals surface area (Å²) >= 11 is 0. The van der Waals surface area contributed by atoms with Crippen molar-refractivity contribution in [3.05, 3.63) is 0 Å². The van der Waals surface area contributed by atoms with E-state index in [4.69, 9.17) is 0 Å². The van der Waals surface area contributed by atoms with Crippen molar-refractivity contribution in [2.24, 2.45) is 11.8 Å². The van der Waals surface area contributed by atoms with Gasteiger partial charge in [0.25, 0.3) is 0 Å². The number of carbonyl (C=O) groups is 1. The van der Waals surface area contributed by atoms with E-state index in [1.54, 1.807) is 0 Å². The van der Waals surface area contributed by atoms with Crippen molar-refractivity contribution in [3.63, 3.8) is 0 Å². The van der Waals surface area contributed by atoms with Crippen molar-refractivity contribution in [1.29, 1.82) is 0 Å². The van der Waals surface area contributed by atoms with Crippen LogP contribution in [0, 0.1) is 11.8 Å². The van der Waals surface area contributed by atoms with Gasteiger partial charge in [-0.05, 0) is 57.3 Å². The monoisotopic (exact) mass is 278 g/mol. The summed E-state index contributed by atoms with van der Waals surface area (Å²) in [5.74, 6) is 1.64. The summed E-state index contributed by atoms with van der Waals surface area (Å²) in [6.45, 7) is 2.21. The largest absolute Gasteiger partial charge is 0.353 e. The van der Waals surface area contributed by atoms with Crippen LogP contribution in [-0.2, 0) is 4.79 Å². The van der Waals surface area contributed by atoms with Gasteiger partial charge in [0.1, 0.15) is 0 Å². The molecule has 3 heteroatoms. The molecule has 3 nitrogen and oxygen atoms in total. The molecule has 2 N–H and O–H groups in total. The van der Waals surface area contributed by atoms with Gasteiger partial charge in [0.05, 0.1) is 0 Å². The van der Waals surface area contributed by atoms with Crippen molar-refractivity contribution in [3.8, 4) is 0 Å². The Kier molecular flexibility index (Phi) is 4.65. The van der Waals surface area contributed by atoms with Crippen LogP contribution in [0.25, 0.3) is 0 Å². The first-order valence-corrected chi connectivity index (χ1v) is 8.76. The first-order chi connectivity index (χ1) is 9.70. The molecule has 0 spiro atoms. The topological polar surface area (TPSA) is 41.1 Å². The molecule has 3 atom stereocenters. The Hall–Kier alpha value is -0.570. The Morgan fingerprint density at radius 3 is 2.40 bits per heavy atom. The highest BCUT2D eigenvalue weighted by Gasteiger charge is 2.34. The van der Waals surface area contributed by atoms with E-state index in [9.17, 15) is 4.79 Å². The third-order valence-electron chi connectivity index (χ3n) is 5.79. The molecule has 2 aliphatic heterocycles. The molecule has 114 valence electrons. The molecule has 3 fully saturated rings. The Bertz CT molecular complexity index is 326. The van der Waals surface area contributed by atoms with Gasteiger partial charge in [0.2, 0.25) is 5.91 Å². The average Bonchev–Trinajstić information content (AvgIpc) is 2.78. The molecule has 20 heavy (non-hydrogen) atoms. The normalized spacial score (nSPS) is 35.8. The lowest BCUT2D eigenvalue weighted by Gasteiger charge is -2.31. The number of hydrogen-bond donors (Lipinski definition) is 2. The number of rotatable bonds is 4. The zero-order chi connectivity index (χ0) is 13.9. The molecule has 2 unspecified atom stereocenters. The fourth-order valence-electron chi connectivity index (χ4n) is 4.67. The molecule has 1 amide bonds. The third kappa shape index (κ3) is 3.55. The van der Waals surface area contributed by atoms with Crippen LogP contribution in [0.1, 0.15) is 71.1 Å². The minimum Gasteiger partial charge on any atom is -0.353 e. The van der Waals surface area contributed by atoms with Crippen LogP contribution in [0.2, 0.25) is 0 Å².